The molecule has 2 heterocycles. The fraction of sp³-hybridized carbons (Fsp3) is 0.200. The van der Waals surface area contributed by atoms with E-state index in [1.165, 1.54) is 10.2 Å². The van der Waals surface area contributed by atoms with Crippen LogP contribution in [0.15, 0.2) is 22.1 Å². The van der Waals surface area contributed by atoms with Gasteiger partial charge in [0.2, 0.25) is 0 Å². The van der Waals surface area contributed by atoms with Crippen LogP contribution in [0.25, 0.3) is 0 Å². The van der Waals surface area contributed by atoms with Crippen molar-refractivity contribution in [2.75, 3.05) is 7.05 Å². The molecule has 52 valence electrons. The van der Waals surface area contributed by atoms with E-state index in [2.05, 4.69) is 10.1 Å². The summed E-state index contributed by atoms with van der Waals surface area (Å²) in [5.74, 6) is 0.699. The Kier molecular flexibility index (Phi) is 0.983. The molecule has 0 N–H and O–H groups in total. The van der Waals surface area contributed by atoms with Crippen molar-refractivity contribution in [2.24, 2.45) is 10.1 Å². The molecule has 0 aliphatic carbocycles. The Morgan fingerprint density at radius 1 is 1.50 bits per heavy atom. The van der Waals surface area contributed by atoms with Gasteiger partial charge in [-0.25, -0.2) is 10.1 Å². The molecule has 0 saturated carbocycles. The lowest BCUT2D eigenvalue weighted by atomic mass is 10.7. The van der Waals surface area contributed by atoms with E-state index in [9.17, 15) is 0 Å². The SMILES string of the molecule is CN1C=C2N=CC=NN2O1. The molecule has 5 nitrogen and oxygen atoms in total. The molecule has 0 aromatic heterocycles. The van der Waals surface area contributed by atoms with Crippen LogP contribution in [0.1, 0.15) is 0 Å². The minimum absolute atomic E-state index is 0.699. The summed E-state index contributed by atoms with van der Waals surface area (Å²) in [5.41, 5.74) is 0. The van der Waals surface area contributed by atoms with Crippen LogP contribution in [0.5, 0.6) is 0 Å². The zero-order valence-corrected chi connectivity index (χ0v) is 5.43. The summed E-state index contributed by atoms with van der Waals surface area (Å²) >= 11 is 0. The molecule has 2 aliphatic heterocycles. The minimum atomic E-state index is 0.699. The summed E-state index contributed by atoms with van der Waals surface area (Å²) in [6.45, 7) is 0. The first-order chi connectivity index (χ1) is 4.86. The van der Waals surface area contributed by atoms with Crippen LogP contribution >= 0.6 is 0 Å². The number of aliphatic imine (C=N–C) groups is 1. The van der Waals surface area contributed by atoms with Gasteiger partial charge in [-0.2, -0.15) is 0 Å². The van der Waals surface area contributed by atoms with Gasteiger partial charge in [0.15, 0.2) is 5.82 Å². The molecule has 0 atom stereocenters. The Balaban J connectivity index is 2.29. The normalized spacial score (nSPS) is 21.5. The fourth-order valence-corrected chi connectivity index (χ4v) is 0.762. The van der Waals surface area contributed by atoms with E-state index in [1.54, 1.807) is 25.7 Å². The lowest BCUT2D eigenvalue weighted by molar-refractivity contribution is -0.252. The highest BCUT2D eigenvalue weighted by Gasteiger charge is 2.19. The van der Waals surface area contributed by atoms with Crippen molar-refractivity contribution in [1.82, 2.24) is 10.2 Å². The molecule has 0 bridgehead atoms. The van der Waals surface area contributed by atoms with E-state index >= 15 is 0 Å². The number of hydroxylamine groups is 3. The topological polar surface area (TPSA) is 40.4 Å². The van der Waals surface area contributed by atoms with Gasteiger partial charge in [0.05, 0.1) is 12.4 Å². The van der Waals surface area contributed by atoms with Crippen LogP contribution in [-0.2, 0) is 4.94 Å². The van der Waals surface area contributed by atoms with Crippen LogP contribution in [0, 0.1) is 0 Å². The highest BCUT2D eigenvalue weighted by molar-refractivity contribution is 6.16. The first-order valence-electron chi connectivity index (χ1n) is 2.86. The first-order valence-corrected chi connectivity index (χ1v) is 2.86. The second-order valence-corrected chi connectivity index (χ2v) is 1.93. The standard InChI is InChI=1S/C5H6N4O/c1-8-4-5-6-2-3-7-9(5)10-8/h2-4H,1H3. The lowest BCUT2D eigenvalue weighted by Crippen LogP contribution is -2.18. The molecule has 0 saturated heterocycles. The average Bonchev–Trinajstić information content (AvgIpc) is 2.27. The van der Waals surface area contributed by atoms with Crippen molar-refractivity contribution >= 4 is 12.4 Å². The maximum absolute atomic E-state index is 5.03. The zero-order chi connectivity index (χ0) is 6.97. The quantitative estimate of drug-likeness (QED) is 0.471. The molecular formula is C5H6N4O. The van der Waals surface area contributed by atoms with Crippen molar-refractivity contribution < 1.29 is 4.94 Å². The molecule has 0 radical (unpaired) electrons. The molecule has 2 aliphatic rings. The van der Waals surface area contributed by atoms with Crippen LogP contribution in [-0.4, -0.2) is 29.7 Å². The highest BCUT2D eigenvalue weighted by atomic mass is 16.9. The zero-order valence-electron chi connectivity index (χ0n) is 5.43. The highest BCUT2D eigenvalue weighted by Crippen LogP contribution is 2.17. The van der Waals surface area contributed by atoms with E-state index in [-0.39, 0.29) is 0 Å². The van der Waals surface area contributed by atoms with E-state index in [4.69, 9.17) is 4.94 Å². The Morgan fingerprint density at radius 2 is 2.40 bits per heavy atom. The predicted molar refractivity (Wildman–Crippen MR) is 35.8 cm³/mol. The van der Waals surface area contributed by atoms with Gasteiger partial charge in [-0.05, 0) is 0 Å². The summed E-state index contributed by atoms with van der Waals surface area (Å²) in [4.78, 5) is 9.02. The maximum Gasteiger partial charge on any atom is 0.199 e. The van der Waals surface area contributed by atoms with E-state index in [0.717, 1.165) is 0 Å². The summed E-state index contributed by atoms with van der Waals surface area (Å²) < 4.78 is 0. The van der Waals surface area contributed by atoms with Crippen molar-refractivity contribution in [3.8, 4) is 0 Å². The molecule has 0 aromatic rings. The second kappa shape index (κ2) is 1.81. The van der Waals surface area contributed by atoms with Gasteiger partial charge in [0.25, 0.3) is 0 Å². The van der Waals surface area contributed by atoms with Gasteiger partial charge in [-0.1, -0.05) is 5.17 Å². The summed E-state index contributed by atoms with van der Waals surface area (Å²) in [6.07, 6.45) is 4.92. The number of hydrogen-bond acceptors (Lipinski definition) is 5. The Labute approximate surface area is 57.8 Å². The smallest absolute Gasteiger partial charge is 0.199 e. The molecule has 0 amide bonds. The fourth-order valence-electron chi connectivity index (χ4n) is 0.762. The summed E-state index contributed by atoms with van der Waals surface area (Å²) in [7, 11) is 1.77. The molecule has 10 heavy (non-hydrogen) atoms. The number of fused-ring (bicyclic) bond motifs is 1. The van der Waals surface area contributed by atoms with E-state index in [0.29, 0.717) is 5.82 Å². The number of rotatable bonds is 0. The molecule has 0 spiro atoms. The number of hydrazone groups is 1. The van der Waals surface area contributed by atoms with Crippen molar-refractivity contribution in [2.45, 2.75) is 0 Å². The minimum Gasteiger partial charge on any atom is -0.234 e. The number of nitrogens with zero attached hydrogens (tertiary/aromatic N) is 4. The third-order valence-corrected chi connectivity index (χ3v) is 1.14. The van der Waals surface area contributed by atoms with Gasteiger partial charge in [-0.15, -0.1) is 10.0 Å². The summed E-state index contributed by atoms with van der Waals surface area (Å²) in [5, 5.41) is 6.75. The lowest BCUT2D eigenvalue weighted by Gasteiger charge is -2.12. The largest absolute Gasteiger partial charge is 0.234 e. The van der Waals surface area contributed by atoms with Gasteiger partial charge in [-0.3, -0.25) is 0 Å². The maximum atomic E-state index is 5.03. The Hall–Kier alpha value is -1.36. The molecular weight excluding hydrogens is 132 g/mol. The van der Waals surface area contributed by atoms with Gasteiger partial charge < -0.3 is 0 Å². The molecule has 0 fully saturated rings. The number of hydrogen-bond donors (Lipinski definition) is 0. The first kappa shape index (κ1) is 5.43. The van der Waals surface area contributed by atoms with Crippen molar-refractivity contribution in [3.63, 3.8) is 0 Å². The van der Waals surface area contributed by atoms with Crippen LogP contribution in [0.4, 0.5) is 0 Å². The van der Waals surface area contributed by atoms with Crippen LogP contribution in [0.2, 0.25) is 0 Å². The molecule has 0 unspecified atom stereocenters. The second-order valence-electron chi connectivity index (χ2n) is 1.93. The Morgan fingerprint density at radius 3 is 3.20 bits per heavy atom. The Bertz CT molecular complexity index is 232. The molecule has 5 heteroatoms. The van der Waals surface area contributed by atoms with Gasteiger partial charge >= 0.3 is 0 Å². The molecule has 2 rings (SSSR count). The average molecular weight is 138 g/mol. The summed E-state index contributed by atoms with van der Waals surface area (Å²) in [6, 6.07) is 0. The van der Waals surface area contributed by atoms with Crippen LogP contribution < -0.4 is 0 Å². The van der Waals surface area contributed by atoms with Crippen molar-refractivity contribution in [3.05, 3.63) is 12.0 Å². The van der Waals surface area contributed by atoms with E-state index in [1.807, 2.05) is 0 Å². The van der Waals surface area contributed by atoms with Gasteiger partial charge in [0, 0.05) is 13.3 Å². The van der Waals surface area contributed by atoms with E-state index < -0.39 is 0 Å². The monoisotopic (exact) mass is 138 g/mol. The third kappa shape index (κ3) is 0.679. The van der Waals surface area contributed by atoms with Gasteiger partial charge in [0.1, 0.15) is 0 Å². The van der Waals surface area contributed by atoms with Crippen molar-refractivity contribution in [1.29, 1.82) is 0 Å². The third-order valence-electron chi connectivity index (χ3n) is 1.14. The van der Waals surface area contributed by atoms with Crippen LogP contribution in [0.3, 0.4) is 0 Å². The predicted octanol–water partition coefficient (Wildman–Crippen LogP) is -0.0505. The molecule has 0 aromatic carbocycles.